The molecule has 0 aliphatic rings. The van der Waals surface area contributed by atoms with Gasteiger partial charge in [-0.3, -0.25) is 4.79 Å². The molecule has 4 heteroatoms. The van der Waals surface area contributed by atoms with Crippen molar-refractivity contribution in [3.8, 4) is 0 Å². The van der Waals surface area contributed by atoms with Crippen molar-refractivity contribution in [2.45, 2.75) is 45.5 Å². The predicted molar refractivity (Wildman–Crippen MR) is 66.1 cm³/mol. The summed E-state index contributed by atoms with van der Waals surface area (Å²) >= 11 is 1.61. The second-order valence-corrected chi connectivity index (χ2v) is 6.82. The summed E-state index contributed by atoms with van der Waals surface area (Å²) in [6.45, 7) is 10.4. The Balaban J connectivity index is 3.67. The van der Waals surface area contributed by atoms with E-state index in [2.05, 4.69) is 26.1 Å². The molecule has 0 bridgehead atoms. The molecule has 0 aliphatic heterocycles. The Morgan fingerprint density at radius 3 is 2.33 bits per heavy atom. The Morgan fingerprint density at radius 1 is 1.40 bits per heavy atom. The molecule has 15 heavy (non-hydrogen) atoms. The number of carbonyl (C=O) groups excluding carboxylic acids is 1. The lowest BCUT2D eigenvalue weighted by Crippen LogP contribution is -2.36. The predicted octanol–water partition coefficient (Wildman–Crippen LogP) is 1.65. The third kappa shape index (κ3) is 8.75. The Kier molecular flexibility index (Phi) is 6.29. The number of hydrogen-bond donors (Lipinski definition) is 2. The molecule has 0 radical (unpaired) electrons. The van der Waals surface area contributed by atoms with E-state index in [1.165, 1.54) is 0 Å². The fraction of sp³-hybridized carbons (Fsp3) is 0.909. The van der Waals surface area contributed by atoms with Crippen LogP contribution in [0.1, 0.15) is 34.6 Å². The quantitative estimate of drug-likeness (QED) is 0.759. The van der Waals surface area contributed by atoms with Gasteiger partial charge in [0.2, 0.25) is 5.91 Å². The molecule has 0 heterocycles. The molecule has 1 atom stereocenters. The summed E-state index contributed by atoms with van der Waals surface area (Å²) in [4.78, 5) is 11.4. The minimum absolute atomic E-state index is 0.00498. The molecule has 0 fully saturated rings. The van der Waals surface area contributed by atoms with Crippen LogP contribution in [0.4, 0.5) is 0 Å². The molecular formula is C11H23NO2S. The molecule has 0 aliphatic carbocycles. The summed E-state index contributed by atoms with van der Waals surface area (Å²) in [6.07, 6.45) is -0.450. The average Bonchev–Trinajstić information content (AvgIpc) is 2.09. The molecule has 3 nitrogen and oxygen atoms in total. The van der Waals surface area contributed by atoms with Crippen LogP contribution in [-0.4, -0.2) is 34.2 Å². The van der Waals surface area contributed by atoms with E-state index >= 15 is 0 Å². The van der Waals surface area contributed by atoms with Gasteiger partial charge < -0.3 is 10.4 Å². The van der Waals surface area contributed by atoms with Gasteiger partial charge in [-0.25, -0.2) is 0 Å². The second kappa shape index (κ2) is 6.38. The fourth-order valence-electron chi connectivity index (χ4n) is 0.787. The van der Waals surface area contributed by atoms with Crippen LogP contribution in [0.5, 0.6) is 0 Å². The van der Waals surface area contributed by atoms with Gasteiger partial charge in [-0.2, -0.15) is 0 Å². The molecular weight excluding hydrogens is 210 g/mol. The number of thioether (sulfide) groups is 1. The van der Waals surface area contributed by atoms with Crippen molar-refractivity contribution in [2.75, 3.05) is 12.3 Å². The van der Waals surface area contributed by atoms with Crippen LogP contribution in [0.15, 0.2) is 0 Å². The van der Waals surface area contributed by atoms with E-state index < -0.39 is 6.10 Å². The number of nitrogens with one attached hydrogen (secondary N) is 1. The maximum Gasteiger partial charge on any atom is 0.230 e. The van der Waals surface area contributed by atoms with Gasteiger partial charge in [0.1, 0.15) is 0 Å². The summed E-state index contributed by atoms with van der Waals surface area (Å²) < 4.78 is 0.105. The van der Waals surface area contributed by atoms with E-state index in [4.69, 9.17) is 0 Å². The topological polar surface area (TPSA) is 49.3 Å². The van der Waals surface area contributed by atoms with Crippen LogP contribution < -0.4 is 5.32 Å². The summed E-state index contributed by atoms with van der Waals surface area (Å²) in [6, 6.07) is 0. The van der Waals surface area contributed by atoms with Crippen LogP contribution in [0.2, 0.25) is 0 Å². The molecule has 0 aromatic carbocycles. The third-order valence-corrected chi connectivity index (χ3v) is 3.19. The van der Waals surface area contributed by atoms with Crippen molar-refractivity contribution in [3.05, 3.63) is 0 Å². The maximum absolute atomic E-state index is 11.4. The first-order chi connectivity index (χ1) is 6.72. The Bertz CT molecular complexity index is 199. The van der Waals surface area contributed by atoms with Crippen molar-refractivity contribution in [2.24, 2.45) is 5.92 Å². The van der Waals surface area contributed by atoms with Crippen LogP contribution >= 0.6 is 11.8 Å². The highest BCUT2D eigenvalue weighted by molar-refractivity contribution is 8.01. The number of aliphatic hydroxyl groups is 1. The molecule has 0 unspecified atom stereocenters. The number of carbonyl (C=O) groups is 1. The largest absolute Gasteiger partial charge is 0.391 e. The van der Waals surface area contributed by atoms with Crippen LogP contribution in [-0.2, 0) is 4.79 Å². The molecule has 2 N–H and O–H groups in total. The number of amides is 1. The zero-order valence-corrected chi connectivity index (χ0v) is 11.1. The highest BCUT2D eigenvalue weighted by Gasteiger charge is 2.14. The summed E-state index contributed by atoms with van der Waals surface area (Å²) in [5.74, 6) is 0.629. The lowest BCUT2D eigenvalue weighted by atomic mass is 10.1. The van der Waals surface area contributed by atoms with Crippen molar-refractivity contribution in [3.63, 3.8) is 0 Å². The molecule has 0 saturated heterocycles. The summed E-state index contributed by atoms with van der Waals surface area (Å²) in [5, 5.41) is 12.2. The molecule has 0 aromatic rings. The Hall–Kier alpha value is -0.220. The van der Waals surface area contributed by atoms with Crippen molar-refractivity contribution in [1.29, 1.82) is 0 Å². The first-order valence-corrected chi connectivity index (χ1v) is 6.29. The van der Waals surface area contributed by atoms with E-state index in [9.17, 15) is 9.90 Å². The Labute approximate surface area is 97.0 Å². The highest BCUT2D eigenvalue weighted by atomic mass is 32.2. The second-order valence-electron chi connectivity index (χ2n) is 5.02. The monoisotopic (exact) mass is 233 g/mol. The SMILES string of the molecule is CC(C)[C@@H](O)CNC(=O)CSC(C)(C)C. The van der Waals surface area contributed by atoms with Gasteiger partial charge in [0.15, 0.2) is 0 Å². The van der Waals surface area contributed by atoms with E-state index in [0.717, 1.165) is 0 Å². The maximum atomic E-state index is 11.4. The summed E-state index contributed by atoms with van der Waals surface area (Å²) in [5.41, 5.74) is 0. The molecule has 0 rings (SSSR count). The first kappa shape index (κ1) is 14.8. The molecule has 0 saturated carbocycles. The normalized spacial score (nSPS) is 14.1. The number of aliphatic hydroxyl groups excluding tert-OH is 1. The van der Waals surface area contributed by atoms with E-state index in [1.54, 1.807) is 11.8 Å². The fourth-order valence-corrected chi connectivity index (χ4v) is 1.45. The van der Waals surface area contributed by atoms with Crippen LogP contribution in [0, 0.1) is 5.92 Å². The lowest BCUT2D eigenvalue weighted by Gasteiger charge is -2.18. The lowest BCUT2D eigenvalue weighted by molar-refractivity contribution is -0.119. The van der Waals surface area contributed by atoms with Gasteiger partial charge in [0.05, 0.1) is 11.9 Å². The van der Waals surface area contributed by atoms with Gasteiger partial charge in [-0.15, -0.1) is 11.8 Å². The van der Waals surface area contributed by atoms with Crippen LogP contribution in [0.25, 0.3) is 0 Å². The van der Waals surface area contributed by atoms with Crippen molar-refractivity contribution >= 4 is 17.7 Å². The standard InChI is InChI=1S/C11H23NO2S/c1-8(2)9(13)6-12-10(14)7-15-11(3,4)5/h8-9,13H,6-7H2,1-5H3,(H,12,14)/t9-/m0/s1. The third-order valence-electron chi connectivity index (χ3n) is 1.91. The van der Waals surface area contributed by atoms with Gasteiger partial charge in [-0.05, 0) is 5.92 Å². The smallest absolute Gasteiger partial charge is 0.230 e. The van der Waals surface area contributed by atoms with Gasteiger partial charge in [0, 0.05) is 11.3 Å². The van der Waals surface area contributed by atoms with E-state index in [0.29, 0.717) is 12.3 Å². The molecule has 0 spiro atoms. The van der Waals surface area contributed by atoms with Gasteiger partial charge >= 0.3 is 0 Å². The van der Waals surface area contributed by atoms with Crippen molar-refractivity contribution < 1.29 is 9.90 Å². The van der Waals surface area contributed by atoms with Gasteiger partial charge in [0.25, 0.3) is 0 Å². The van der Waals surface area contributed by atoms with E-state index in [1.807, 2.05) is 13.8 Å². The van der Waals surface area contributed by atoms with E-state index in [-0.39, 0.29) is 16.6 Å². The average molecular weight is 233 g/mol. The number of rotatable bonds is 5. The molecule has 1 amide bonds. The molecule has 90 valence electrons. The zero-order chi connectivity index (χ0) is 12.1. The zero-order valence-electron chi connectivity index (χ0n) is 10.3. The first-order valence-electron chi connectivity index (χ1n) is 5.31. The highest BCUT2D eigenvalue weighted by Crippen LogP contribution is 2.22. The van der Waals surface area contributed by atoms with Gasteiger partial charge in [-0.1, -0.05) is 34.6 Å². The van der Waals surface area contributed by atoms with Crippen LogP contribution in [0.3, 0.4) is 0 Å². The number of hydrogen-bond acceptors (Lipinski definition) is 3. The van der Waals surface area contributed by atoms with Crippen molar-refractivity contribution in [1.82, 2.24) is 5.32 Å². The minimum atomic E-state index is -0.450. The Morgan fingerprint density at radius 2 is 1.93 bits per heavy atom. The molecule has 0 aromatic heterocycles. The summed E-state index contributed by atoms with van der Waals surface area (Å²) in [7, 11) is 0. The minimum Gasteiger partial charge on any atom is -0.391 e.